The first-order chi connectivity index (χ1) is 13.2. The van der Waals surface area contributed by atoms with E-state index >= 15 is 0 Å². The van der Waals surface area contributed by atoms with Crippen LogP contribution in [-0.4, -0.2) is 32.7 Å². The lowest BCUT2D eigenvalue weighted by Crippen LogP contribution is -2.45. The lowest BCUT2D eigenvalue weighted by atomic mass is 9.92. The average Bonchev–Trinajstić information content (AvgIpc) is 2.99. The molecule has 1 saturated heterocycles. The number of carbonyl (C=O) groups excluding carboxylic acids is 1. The fourth-order valence-electron chi connectivity index (χ4n) is 4.21. The van der Waals surface area contributed by atoms with Crippen molar-refractivity contribution in [1.29, 1.82) is 0 Å². The van der Waals surface area contributed by atoms with Crippen molar-refractivity contribution in [2.45, 2.75) is 37.9 Å². The molecule has 5 nitrogen and oxygen atoms in total. The first kappa shape index (κ1) is 18.0. The number of ether oxygens (including phenoxy) is 1. The standard InChI is InChI=1S/C22H27N3O2/c1-25-19-11-17(20(27-2)12-16(19)13-21(25)26)14-24-18-9-6-10-23-22(18)15-7-4-3-5-8-15/h3-5,7-8,11-12,18,22-24H,6,9-10,13-14H2,1-2H3. The van der Waals surface area contributed by atoms with Gasteiger partial charge in [0.25, 0.3) is 0 Å². The van der Waals surface area contributed by atoms with Crippen molar-refractivity contribution < 1.29 is 9.53 Å². The number of piperidine rings is 1. The monoisotopic (exact) mass is 365 g/mol. The Labute approximate surface area is 160 Å². The Morgan fingerprint density at radius 1 is 1.26 bits per heavy atom. The molecule has 0 spiro atoms. The van der Waals surface area contributed by atoms with Gasteiger partial charge in [-0.1, -0.05) is 30.3 Å². The maximum Gasteiger partial charge on any atom is 0.231 e. The van der Waals surface area contributed by atoms with Crippen molar-refractivity contribution >= 4 is 11.6 Å². The Hall–Kier alpha value is -2.37. The molecule has 1 amide bonds. The topological polar surface area (TPSA) is 53.6 Å². The minimum atomic E-state index is 0.137. The maximum absolute atomic E-state index is 12.0. The summed E-state index contributed by atoms with van der Waals surface area (Å²) in [6.45, 7) is 1.76. The van der Waals surface area contributed by atoms with Gasteiger partial charge in [-0.25, -0.2) is 0 Å². The van der Waals surface area contributed by atoms with Gasteiger partial charge in [-0.15, -0.1) is 0 Å². The third-order valence-electron chi connectivity index (χ3n) is 5.73. The summed E-state index contributed by atoms with van der Waals surface area (Å²) in [6.07, 6.45) is 2.76. The smallest absolute Gasteiger partial charge is 0.231 e. The fourth-order valence-corrected chi connectivity index (χ4v) is 4.21. The molecule has 0 saturated carbocycles. The molecular weight excluding hydrogens is 338 g/mol. The van der Waals surface area contributed by atoms with Crippen LogP contribution < -0.4 is 20.3 Å². The van der Waals surface area contributed by atoms with E-state index in [1.54, 1.807) is 12.0 Å². The van der Waals surface area contributed by atoms with Crippen molar-refractivity contribution in [1.82, 2.24) is 10.6 Å². The normalized spacial score (nSPS) is 22.0. The van der Waals surface area contributed by atoms with E-state index in [0.29, 0.717) is 25.0 Å². The molecule has 27 heavy (non-hydrogen) atoms. The molecule has 0 aliphatic carbocycles. The molecule has 4 rings (SSSR count). The zero-order chi connectivity index (χ0) is 18.8. The van der Waals surface area contributed by atoms with Gasteiger partial charge in [0.1, 0.15) is 5.75 Å². The van der Waals surface area contributed by atoms with Crippen LogP contribution in [0.25, 0.3) is 0 Å². The van der Waals surface area contributed by atoms with Crippen LogP contribution in [-0.2, 0) is 17.8 Å². The van der Waals surface area contributed by atoms with Gasteiger partial charge in [-0.2, -0.15) is 0 Å². The van der Waals surface area contributed by atoms with Crippen molar-refractivity contribution in [3.63, 3.8) is 0 Å². The number of fused-ring (bicyclic) bond motifs is 1. The summed E-state index contributed by atoms with van der Waals surface area (Å²) in [7, 11) is 3.54. The number of methoxy groups -OCH3 is 1. The van der Waals surface area contributed by atoms with Crippen LogP contribution in [0.2, 0.25) is 0 Å². The van der Waals surface area contributed by atoms with Gasteiger partial charge >= 0.3 is 0 Å². The van der Waals surface area contributed by atoms with Crippen molar-refractivity contribution in [2.24, 2.45) is 0 Å². The van der Waals surface area contributed by atoms with Gasteiger partial charge in [0.2, 0.25) is 5.91 Å². The SMILES string of the molecule is COc1cc2c(cc1CNC1CCCNC1c1ccccc1)N(C)C(=O)C2. The van der Waals surface area contributed by atoms with E-state index in [4.69, 9.17) is 4.74 Å². The second kappa shape index (κ2) is 7.71. The number of benzene rings is 2. The molecule has 2 aromatic rings. The summed E-state index contributed by atoms with van der Waals surface area (Å²) >= 11 is 0. The fraction of sp³-hybridized carbons (Fsp3) is 0.409. The molecule has 142 valence electrons. The van der Waals surface area contributed by atoms with Gasteiger partial charge in [-0.05, 0) is 42.6 Å². The zero-order valence-electron chi connectivity index (χ0n) is 16.0. The summed E-state index contributed by atoms with van der Waals surface area (Å²) in [5, 5.41) is 7.39. The highest BCUT2D eigenvalue weighted by atomic mass is 16.5. The molecule has 2 unspecified atom stereocenters. The zero-order valence-corrected chi connectivity index (χ0v) is 16.0. The minimum absolute atomic E-state index is 0.137. The van der Waals surface area contributed by atoms with E-state index in [1.165, 1.54) is 12.0 Å². The van der Waals surface area contributed by atoms with E-state index in [0.717, 1.165) is 35.5 Å². The van der Waals surface area contributed by atoms with E-state index in [1.807, 2.05) is 13.1 Å². The lowest BCUT2D eigenvalue weighted by molar-refractivity contribution is -0.117. The molecular formula is C22H27N3O2. The highest BCUT2D eigenvalue weighted by Gasteiger charge is 2.28. The van der Waals surface area contributed by atoms with Crippen LogP contribution in [0.1, 0.15) is 35.6 Å². The number of hydrogen-bond acceptors (Lipinski definition) is 4. The summed E-state index contributed by atoms with van der Waals surface area (Å²) in [6, 6.07) is 15.4. The van der Waals surface area contributed by atoms with Crippen LogP contribution in [0, 0.1) is 0 Å². The highest BCUT2D eigenvalue weighted by Crippen LogP contribution is 2.34. The van der Waals surface area contributed by atoms with Crippen LogP contribution >= 0.6 is 0 Å². The number of nitrogens with one attached hydrogen (secondary N) is 2. The first-order valence-corrected chi connectivity index (χ1v) is 9.65. The van der Waals surface area contributed by atoms with E-state index in [-0.39, 0.29) is 5.91 Å². The molecule has 2 heterocycles. The Bertz CT molecular complexity index is 822. The molecule has 0 radical (unpaired) electrons. The lowest BCUT2D eigenvalue weighted by Gasteiger charge is -2.34. The highest BCUT2D eigenvalue weighted by molar-refractivity contribution is 6.01. The van der Waals surface area contributed by atoms with Gasteiger partial charge < -0.3 is 20.3 Å². The second-order valence-electron chi connectivity index (χ2n) is 7.39. The number of anilines is 1. The van der Waals surface area contributed by atoms with E-state index in [2.05, 4.69) is 47.0 Å². The molecule has 2 N–H and O–H groups in total. The largest absolute Gasteiger partial charge is 0.496 e. The predicted octanol–water partition coefficient (Wildman–Crippen LogP) is 2.80. The Balaban J connectivity index is 1.53. The number of hydrogen-bond donors (Lipinski definition) is 2. The summed E-state index contributed by atoms with van der Waals surface area (Å²) < 4.78 is 5.61. The average molecular weight is 365 g/mol. The van der Waals surface area contributed by atoms with Gasteiger partial charge in [-0.3, -0.25) is 4.79 Å². The summed E-state index contributed by atoms with van der Waals surface area (Å²) in [5.74, 6) is 0.988. The van der Waals surface area contributed by atoms with Crippen LogP contribution in [0.5, 0.6) is 5.75 Å². The Kier molecular flexibility index (Phi) is 5.14. The third-order valence-corrected chi connectivity index (χ3v) is 5.73. The molecule has 2 aliphatic rings. The quantitative estimate of drug-likeness (QED) is 0.856. The second-order valence-corrected chi connectivity index (χ2v) is 7.39. The number of amides is 1. The Morgan fingerprint density at radius 2 is 2.07 bits per heavy atom. The van der Waals surface area contributed by atoms with E-state index < -0.39 is 0 Å². The van der Waals surface area contributed by atoms with E-state index in [9.17, 15) is 4.79 Å². The molecule has 2 atom stereocenters. The minimum Gasteiger partial charge on any atom is -0.496 e. The summed E-state index contributed by atoms with van der Waals surface area (Å²) in [4.78, 5) is 13.8. The van der Waals surface area contributed by atoms with Gasteiger partial charge in [0.05, 0.1) is 13.5 Å². The van der Waals surface area contributed by atoms with Crippen molar-refractivity contribution in [3.05, 3.63) is 59.2 Å². The molecule has 0 aromatic heterocycles. The van der Waals surface area contributed by atoms with Crippen LogP contribution in [0.4, 0.5) is 5.69 Å². The molecule has 2 aromatic carbocycles. The third kappa shape index (κ3) is 3.57. The number of carbonyl (C=O) groups is 1. The number of rotatable bonds is 5. The predicted molar refractivity (Wildman–Crippen MR) is 107 cm³/mol. The van der Waals surface area contributed by atoms with Gasteiger partial charge in [0.15, 0.2) is 0 Å². The van der Waals surface area contributed by atoms with Crippen molar-refractivity contribution in [3.8, 4) is 5.75 Å². The molecule has 0 bridgehead atoms. The molecule has 5 heteroatoms. The maximum atomic E-state index is 12.0. The molecule has 1 fully saturated rings. The van der Waals surface area contributed by atoms with Crippen LogP contribution in [0.15, 0.2) is 42.5 Å². The number of nitrogens with zero attached hydrogens (tertiary/aromatic N) is 1. The Morgan fingerprint density at radius 3 is 2.85 bits per heavy atom. The van der Waals surface area contributed by atoms with Gasteiger partial charge in [0, 0.05) is 36.9 Å². The van der Waals surface area contributed by atoms with Crippen LogP contribution in [0.3, 0.4) is 0 Å². The molecule has 2 aliphatic heterocycles. The van der Waals surface area contributed by atoms with Crippen molar-refractivity contribution in [2.75, 3.05) is 25.6 Å². The number of likely N-dealkylation sites (N-methyl/N-ethyl adjacent to an activating group) is 1. The summed E-state index contributed by atoms with van der Waals surface area (Å²) in [5.41, 5.74) is 4.46. The first-order valence-electron chi connectivity index (χ1n) is 9.65.